The Morgan fingerprint density at radius 2 is 1.74 bits per heavy atom. The molecule has 0 atom stereocenters. The molecule has 2 aromatic carbocycles. The fourth-order valence-electron chi connectivity index (χ4n) is 3.46. The molecule has 170 valence electrons. The molecule has 10 heteroatoms. The molecular weight excluding hydrogens is 452 g/mol. The Kier molecular flexibility index (Phi) is 7.27. The Hall–Kier alpha value is -3.66. The van der Waals surface area contributed by atoms with Gasteiger partial charge in [0.05, 0.1) is 16.8 Å². The summed E-state index contributed by atoms with van der Waals surface area (Å²) in [5.41, 5.74) is 1.11. The van der Waals surface area contributed by atoms with Gasteiger partial charge in [0, 0.05) is 36.4 Å². The van der Waals surface area contributed by atoms with E-state index in [1.54, 1.807) is 42.5 Å². The molecule has 0 aliphatic carbocycles. The largest absolute Gasteiger partial charge is 0.355 e. The zero-order valence-electron chi connectivity index (χ0n) is 18.2. The number of carbonyl (C=O) groups excluding carboxylic acids is 2. The van der Waals surface area contributed by atoms with Crippen molar-refractivity contribution >= 4 is 54.2 Å². The number of aromatic nitrogens is 1. The van der Waals surface area contributed by atoms with Crippen LogP contribution < -0.4 is 16.1 Å². The van der Waals surface area contributed by atoms with E-state index in [1.165, 1.54) is 18.3 Å². The number of anilines is 2. The summed E-state index contributed by atoms with van der Waals surface area (Å²) < 4.78 is 14.8. The molecule has 3 aromatic rings. The molecule has 2 heterocycles. The third-order valence-electron chi connectivity index (χ3n) is 5.26. The number of benzene rings is 2. The highest BCUT2D eigenvalue weighted by Crippen LogP contribution is 2.20. The first kappa shape index (κ1) is 23.5. The summed E-state index contributed by atoms with van der Waals surface area (Å²) in [6, 6.07) is 13.7. The van der Waals surface area contributed by atoms with Gasteiger partial charge >= 0.3 is 0 Å². The summed E-state index contributed by atoms with van der Waals surface area (Å²) >= 11 is 1.82. The van der Waals surface area contributed by atoms with Gasteiger partial charge in [0.15, 0.2) is 0 Å². The Balaban J connectivity index is 1.49. The molecule has 7 nitrogen and oxygen atoms in total. The van der Waals surface area contributed by atoms with Crippen LogP contribution in [0.4, 0.5) is 15.9 Å². The maximum absolute atomic E-state index is 14.8. The highest BCUT2D eigenvalue weighted by atomic mass is 32.2. The Bertz CT molecular complexity index is 1230. The molecule has 3 N–H and O–H groups in total. The van der Waals surface area contributed by atoms with Crippen LogP contribution in [-0.4, -0.2) is 60.0 Å². The van der Waals surface area contributed by atoms with Crippen molar-refractivity contribution in [2.45, 2.75) is 0 Å². The van der Waals surface area contributed by atoms with E-state index in [9.17, 15) is 14.0 Å². The number of rotatable bonds is 5. The lowest BCUT2D eigenvalue weighted by Gasteiger charge is -2.28. The Morgan fingerprint density at radius 3 is 2.44 bits per heavy atom. The summed E-state index contributed by atoms with van der Waals surface area (Å²) in [5, 5.41) is 13.6. The minimum absolute atomic E-state index is 0.179. The van der Waals surface area contributed by atoms with Gasteiger partial charge in [-0.2, -0.15) is 11.8 Å². The van der Waals surface area contributed by atoms with Crippen molar-refractivity contribution in [1.29, 1.82) is 5.41 Å². The van der Waals surface area contributed by atoms with Gasteiger partial charge < -0.3 is 15.5 Å². The van der Waals surface area contributed by atoms with E-state index >= 15 is 0 Å². The normalized spacial score (nSPS) is 13.3. The Labute approximate surface area is 202 Å². The predicted molar refractivity (Wildman–Crippen MR) is 134 cm³/mol. The number of hydrogen-bond acceptors (Lipinski definition) is 5. The third kappa shape index (κ3) is 5.45. The number of thioether (sulfide) groups is 1. The molecule has 2 radical (unpaired) electrons. The van der Waals surface area contributed by atoms with Gasteiger partial charge in [-0.25, -0.2) is 9.37 Å². The second-order valence-electron chi connectivity index (χ2n) is 7.57. The number of para-hydroxylation sites is 1. The fourth-order valence-corrected chi connectivity index (χ4v) is 4.36. The molecule has 1 saturated heterocycles. The van der Waals surface area contributed by atoms with Crippen molar-refractivity contribution in [3.63, 3.8) is 0 Å². The van der Waals surface area contributed by atoms with Gasteiger partial charge in [-0.1, -0.05) is 29.7 Å². The van der Waals surface area contributed by atoms with Crippen LogP contribution >= 0.6 is 11.8 Å². The summed E-state index contributed by atoms with van der Waals surface area (Å²) in [7, 11) is 5.61. The molecule has 34 heavy (non-hydrogen) atoms. The molecule has 0 bridgehead atoms. The summed E-state index contributed by atoms with van der Waals surface area (Å²) in [4.78, 5) is 31.5. The number of amides is 2. The van der Waals surface area contributed by atoms with E-state index in [-0.39, 0.29) is 22.6 Å². The smallest absolute Gasteiger partial charge is 0.258 e. The quantitative estimate of drug-likeness (QED) is 0.301. The third-order valence-corrected chi connectivity index (χ3v) is 6.20. The number of halogens is 1. The number of pyridine rings is 1. The zero-order chi connectivity index (χ0) is 24.1. The summed E-state index contributed by atoms with van der Waals surface area (Å²) in [6.45, 7) is 1.47. The maximum atomic E-state index is 14.8. The highest BCUT2D eigenvalue weighted by molar-refractivity contribution is 7.99. The minimum atomic E-state index is -0.737. The van der Waals surface area contributed by atoms with Crippen LogP contribution in [0.1, 0.15) is 26.3 Å². The first-order valence-corrected chi connectivity index (χ1v) is 11.7. The van der Waals surface area contributed by atoms with E-state index in [0.717, 1.165) is 24.6 Å². The lowest BCUT2D eigenvalue weighted by molar-refractivity contribution is 0.102. The van der Waals surface area contributed by atoms with Crippen LogP contribution in [0, 0.1) is 11.2 Å². The van der Waals surface area contributed by atoms with Crippen LogP contribution in [0.5, 0.6) is 0 Å². The minimum Gasteiger partial charge on any atom is -0.355 e. The van der Waals surface area contributed by atoms with Gasteiger partial charge in [0.25, 0.3) is 11.8 Å². The monoisotopic (exact) mass is 473 g/mol. The lowest BCUT2D eigenvalue weighted by Crippen LogP contribution is -2.38. The molecule has 4 rings (SSSR count). The van der Waals surface area contributed by atoms with E-state index in [1.807, 2.05) is 16.7 Å². The lowest BCUT2D eigenvalue weighted by atomic mass is 9.99. The molecule has 2 amide bonds. The number of amidine groups is 1. The fraction of sp³-hybridized carbons (Fsp3) is 0.167. The van der Waals surface area contributed by atoms with Crippen molar-refractivity contribution in [2.24, 2.45) is 0 Å². The topological polar surface area (TPSA) is 98.2 Å². The van der Waals surface area contributed by atoms with Gasteiger partial charge in [-0.3, -0.25) is 15.0 Å². The van der Waals surface area contributed by atoms with Gasteiger partial charge in [-0.15, -0.1) is 0 Å². The molecule has 1 aliphatic heterocycles. The number of carbonyl (C=O) groups is 2. The average molecular weight is 473 g/mol. The second kappa shape index (κ2) is 10.5. The van der Waals surface area contributed by atoms with E-state index < -0.39 is 17.6 Å². The number of nitrogens with zero attached hydrogens (tertiary/aromatic N) is 2. The van der Waals surface area contributed by atoms with Gasteiger partial charge in [-0.05, 0) is 30.3 Å². The van der Waals surface area contributed by atoms with E-state index in [0.29, 0.717) is 16.8 Å². The summed E-state index contributed by atoms with van der Waals surface area (Å²) in [6.07, 6.45) is 1.42. The first-order chi connectivity index (χ1) is 16.4. The first-order valence-electron chi connectivity index (χ1n) is 10.6. The van der Waals surface area contributed by atoms with Crippen LogP contribution in [0.25, 0.3) is 0 Å². The zero-order valence-corrected chi connectivity index (χ0v) is 19.0. The molecule has 0 saturated carbocycles. The van der Waals surface area contributed by atoms with Crippen LogP contribution in [0.15, 0.2) is 60.8 Å². The van der Waals surface area contributed by atoms with Crippen LogP contribution in [0.3, 0.4) is 0 Å². The van der Waals surface area contributed by atoms with Crippen molar-refractivity contribution in [3.05, 3.63) is 83.3 Å². The average Bonchev–Trinajstić information content (AvgIpc) is 2.85. The Morgan fingerprint density at radius 1 is 1.00 bits per heavy atom. The highest BCUT2D eigenvalue weighted by Gasteiger charge is 2.20. The van der Waals surface area contributed by atoms with Crippen molar-refractivity contribution in [2.75, 3.05) is 35.2 Å². The molecule has 1 fully saturated rings. The number of nitrogens with one attached hydrogen (secondary N) is 3. The van der Waals surface area contributed by atoms with Crippen LogP contribution in [0.2, 0.25) is 0 Å². The standard InChI is InChI=1S/C24H21BFN5O2S/c25-16-6-8-21(28-14-16)30-24(33)18-3-1-2-4-20(18)29-23(32)17-7-5-15(13-19(17)26)22(27)31-9-11-34-12-10-31/h1-8,13-14,27H,9-12H2,(H,29,32)(H,28,30,33). The van der Waals surface area contributed by atoms with Crippen molar-refractivity contribution in [1.82, 2.24) is 9.88 Å². The van der Waals surface area contributed by atoms with Crippen molar-refractivity contribution in [3.8, 4) is 0 Å². The van der Waals surface area contributed by atoms with Gasteiger partial charge in [0.1, 0.15) is 25.3 Å². The molecule has 0 unspecified atom stereocenters. The van der Waals surface area contributed by atoms with Crippen LogP contribution in [-0.2, 0) is 0 Å². The SMILES string of the molecule is [B]c1ccc(NC(=O)c2ccccc2NC(=O)c2ccc(C(=N)N3CCSCC3)cc2F)nc1. The van der Waals surface area contributed by atoms with E-state index in [2.05, 4.69) is 15.6 Å². The van der Waals surface area contributed by atoms with Crippen molar-refractivity contribution < 1.29 is 14.0 Å². The summed E-state index contributed by atoms with van der Waals surface area (Å²) in [5.74, 6) is 0.465. The maximum Gasteiger partial charge on any atom is 0.258 e. The molecule has 1 aromatic heterocycles. The van der Waals surface area contributed by atoms with Gasteiger partial charge in [0.2, 0.25) is 0 Å². The molecular formula is C24H21BFN5O2S. The predicted octanol–water partition coefficient (Wildman–Crippen LogP) is 2.89. The van der Waals surface area contributed by atoms with E-state index in [4.69, 9.17) is 13.3 Å². The molecule has 0 spiro atoms. The second-order valence-corrected chi connectivity index (χ2v) is 8.80. The molecule has 1 aliphatic rings. The number of hydrogen-bond donors (Lipinski definition) is 3.